The van der Waals surface area contributed by atoms with Crippen LogP contribution in [0.4, 0.5) is 14.5 Å². The molecule has 110 valence electrons. The number of halogens is 3. The van der Waals surface area contributed by atoms with Gasteiger partial charge in [-0.25, -0.2) is 8.78 Å². The van der Waals surface area contributed by atoms with Gasteiger partial charge in [0.1, 0.15) is 17.4 Å². The van der Waals surface area contributed by atoms with Gasteiger partial charge in [0, 0.05) is 10.5 Å². The van der Waals surface area contributed by atoms with Crippen LogP contribution in [0.2, 0.25) is 0 Å². The summed E-state index contributed by atoms with van der Waals surface area (Å²) in [6, 6.07) is 6.90. The molecule has 0 fully saturated rings. The maximum Gasteiger partial charge on any atom is 0.258 e. The molecule has 1 N–H and O–H groups in total. The molecular formula is C15H12BrF2NO2. The molecule has 0 aliphatic carbocycles. The average molecular weight is 356 g/mol. The molecular weight excluding hydrogens is 344 g/mol. The number of hydrogen-bond acceptors (Lipinski definition) is 2. The number of benzene rings is 2. The summed E-state index contributed by atoms with van der Waals surface area (Å²) in [5.74, 6) is -1.84. The molecule has 21 heavy (non-hydrogen) atoms. The summed E-state index contributed by atoms with van der Waals surface area (Å²) in [6.45, 7) is 1.46. The van der Waals surface area contributed by atoms with Crippen LogP contribution < -0.4 is 10.1 Å². The van der Waals surface area contributed by atoms with Crippen LogP contribution in [0.15, 0.2) is 34.8 Å². The number of amides is 1. The van der Waals surface area contributed by atoms with E-state index in [0.29, 0.717) is 17.5 Å². The molecule has 0 aliphatic heterocycles. The van der Waals surface area contributed by atoms with Crippen LogP contribution in [-0.4, -0.2) is 13.0 Å². The molecule has 0 saturated heterocycles. The Labute approximate surface area is 129 Å². The SMILES string of the molecule is COc1ccc(Br)cc1NC(=O)c1cc(C)c(F)cc1F. The van der Waals surface area contributed by atoms with Crippen molar-refractivity contribution in [2.45, 2.75) is 6.92 Å². The van der Waals surface area contributed by atoms with Crippen molar-refractivity contribution in [3.8, 4) is 5.75 Å². The fourth-order valence-corrected chi connectivity index (χ4v) is 2.16. The van der Waals surface area contributed by atoms with Crippen LogP contribution in [0.1, 0.15) is 15.9 Å². The second kappa shape index (κ2) is 6.22. The molecule has 0 heterocycles. The second-order valence-electron chi connectivity index (χ2n) is 4.38. The Balaban J connectivity index is 2.34. The molecule has 2 aromatic carbocycles. The zero-order chi connectivity index (χ0) is 15.6. The number of ether oxygens (including phenoxy) is 1. The summed E-state index contributed by atoms with van der Waals surface area (Å²) in [5.41, 5.74) is 0.358. The zero-order valence-electron chi connectivity index (χ0n) is 11.3. The fraction of sp³-hybridized carbons (Fsp3) is 0.133. The minimum Gasteiger partial charge on any atom is -0.495 e. The summed E-state index contributed by atoms with van der Waals surface area (Å²) >= 11 is 3.28. The highest BCUT2D eigenvalue weighted by Crippen LogP contribution is 2.28. The highest BCUT2D eigenvalue weighted by molar-refractivity contribution is 9.10. The van der Waals surface area contributed by atoms with E-state index in [0.717, 1.165) is 4.47 Å². The summed E-state index contributed by atoms with van der Waals surface area (Å²) in [5, 5.41) is 2.55. The van der Waals surface area contributed by atoms with Crippen molar-refractivity contribution in [1.82, 2.24) is 0 Å². The first-order chi connectivity index (χ1) is 9.92. The monoisotopic (exact) mass is 355 g/mol. The van der Waals surface area contributed by atoms with Crippen molar-refractivity contribution >= 4 is 27.5 Å². The molecule has 0 spiro atoms. The van der Waals surface area contributed by atoms with E-state index in [-0.39, 0.29) is 11.1 Å². The van der Waals surface area contributed by atoms with Gasteiger partial charge in [-0.15, -0.1) is 0 Å². The number of anilines is 1. The van der Waals surface area contributed by atoms with Crippen LogP contribution >= 0.6 is 15.9 Å². The first kappa shape index (κ1) is 15.4. The number of carbonyl (C=O) groups is 1. The molecule has 1 amide bonds. The van der Waals surface area contributed by atoms with E-state index in [1.165, 1.54) is 20.1 Å². The normalized spacial score (nSPS) is 10.3. The quantitative estimate of drug-likeness (QED) is 0.891. The Morgan fingerprint density at radius 1 is 1.19 bits per heavy atom. The third kappa shape index (κ3) is 3.39. The van der Waals surface area contributed by atoms with E-state index >= 15 is 0 Å². The maximum atomic E-state index is 13.7. The lowest BCUT2D eigenvalue weighted by atomic mass is 10.1. The first-order valence-electron chi connectivity index (χ1n) is 6.03. The Hall–Kier alpha value is -1.95. The average Bonchev–Trinajstić information content (AvgIpc) is 2.43. The van der Waals surface area contributed by atoms with Crippen LogP contribution in [-0.2, 0) is 0 Å². The molecule has 0 radical (unpaired) electrons. The third-order valence-electron chi connectivity index (χ3n) is 2.90. The van der Waals surface area contributed by atoms with Gasteiger partial charge >= 0.3 is 0 Å². The number of aryl methyl sites for hydroxylation is 1. The van der Waals surface area contributed by atoms with Gasteiger partial charge in [0.2, 0.25) is 0 Å². The fourth-order valence-electron chi connectivity index (χ4n) is 1.80. The Morgan fingerprint density at radius 3 is 2.57 bits per heavy atom. The van der Waals surface area contributed by atoms with Crippen molar-refractivity contribution in [2.24, 2.45) is 0 Å². The maximum absolute atomic E-state index is 13.7. The molecule has 0 atom stereocenters. The van der Waals surface area contributed by atoms with Gasteiger partial charge < -0.3 is 10.1 Å². The van der Waals surface area contributed by atoms with E-state index in [1.807, 2.05) is 0 Å². The van der Waals surface area contributed by atoms with Crippen molar-refractivity contribution in [1.29, 1.82) is 0 Å². The van der Waals surface area contributed by atoms with E-state index in [1.54, 1.807) is 18.2 Å². The van der Waals surface area contributed by atoms with E-state index in [2.05, 4.69) is 21.2 Å². The van der Waals surface area contributed by atoms with Crippen molar-refractivity contribution in [2.75, 3.05) is 12.4 Å². The summed E-state index contributed by atoms with van der Waals surface area (Å²) in [4.78, 5) is 12.1. The van der Waals surface area contributed by atoms with Crippen LogP contribution in [0.25, 0.3) is 0 Å². The Morgan fingerprint density at radius 2 is 1.90 bits per heavy atom. The molecule has 2 rings (SSSR count). The number of carbonyl (C=O) groups excluding carboxylic acids is 1. The topological polar surface area (TPSA) is 38.3 Å². The smallest absolute Gasteiger partial charge is 0.258 e. The number of methoxy groups -OCH3 is 1. The van der Waals surface area contributed by atoms with Gasteiger partial charge in [-0.1, -0.05) is 15.9 Å². The molecule has 0 aliphatic rings. The predicted molar refractivity (Wildman–Crippen MR) is 79.7 cm³/mol. The lowest BCUT2D eigenvalue weighted by Gasteiger charge is -2.11. The van der Waals surface area contributed by atoms with Gasteiger partial charge in [-0.3, -0.25) is 4.79 Å². The molecule has 0 aromatic heterocycles. The molecule has 3 nitrogen and oxygen atoms in total. The number of nitrogens with one attached hydrogen (secondary N) is 1. The van der Waals surface area contributed by atoms with Gasteiger partial charge in [0.15, 0.2) is 0 Å². The molecule has 0 bridgehead atoms. The Kier molecular flexibility index (Phi) is 4.57. The van der Waals surface area contributed by atoms with E-state index < -0.39 is 17.5 Å². The summed E-state index contributed by atoms with van der Waals surface area (Å²) in [7, 11) is 1.46. The minimum absolute atomic E-state index is 0.197. The highest BCUT2D eigenvalue weighted by Gasteiger charge is 2.16. The lowest BCUT2D eigenvalue weighted by molar-refractivity contribution is 0.102. The molecule has 6 heteroatoms. The molecule has 0 unspecified atom stereocenters. The summed E-state index contributed by atoms with van der Waals surface area (Å²) in [6.07, 6.45) is 0. The highest BCUT2D eigenvalue weighted by atomic mass is 79.9. The zero-order valence-corrected chi connectivity index (χ0v) is 12.9. The van der Waals surface area contributed by atoms with Crippen molar-refractivity contribution < 1.29 is 18.3 Å². The molecule has 2 aromatic rings. The van der Waals surface area contributed by atoms with Gasteiger partial charge in [-0.05, 0) is 36.8 Å². The van der Waals surface area contributed by atoms with Crippen molar-refractivity contribution in [3.63, 3.8) is 0 Å². The van der Waals surface area contributed by atoms with Crippen molar-refractivity contribution in [3.05, 3.63) is 57.6 Å². The van der Waals surface area contributed by atoms with Gasteiger partial charge in [0.25, 0.3) is 5.91 Å². The second-order valence-corrected chi connectivity index (χ2v) is 5.30. The predicted octanol–water partition coefficient (Wildman–Crippen LogP) is 4.30. The van der Waals surface area contributed by atoms with Gasteiger partial charge in [0.05, 0.1) is 18.4 Å². The van der Waals surface area contributed by atoms with Crippen LogP contribution in [0, 0.1) is 18.6 Å². The number of hydrogen-bond donors (Lipinski definition) is 1. The third-order valence-corrected chi connectivity index (χ3v) is 3.40. The molecule has 0 saturated carbocycles. The van der Waals surface area contributed by atoms with E-state index in [9.17, 15) is 13.6 Å². The van der Waals surface area contributed by atoms with Crippen LogP contribution in [0.5, 0.6) is 5.75 Å². The van der Waals surface area contributed by atoms with E-state index in [4.69, 9.17) is 4.74 Å². The largest absolute Gasteiger partial charge is 0.495 e. The minimum atomic E-state index is -0.912. The summed E-state index contributed by atoms with van der Waals surface area (Å²) < 4.78 is 32.8. The van der Waals surface area contributed by atoms with Gasteiger partial charge in [-0.2, -0.15) is 0 Å². The Bertz CT molecular complexity index is 704. The van der Waals surface area contributed by atoms with Crippen LogP contribution in [0.3, 0.4) is 0 Å². The number of rotatable bonds is 3. The first-order valence-corrected chi connectivity index (χ1v) is 6.82. The lowest BCUT2D eigenvalue weighted by Crippen LogP contribution is -2.15. The standard InChI is InChI=1S/C15H12BrF2NO2/c1-8-5-10(12(18)7-11(8)17)15(20)19-13-6-9(16)3-4-14(13)21-2/h3-7H,1-2H3,(H,19,20).